The van der Waals surface area contributed by atoms with Gasteiger partial charge < -0.3 is 10.1 Å². The van der Waals surface area contributed by atoms with Crippen LogP contribution in [0.3, 0.4) is 0 Å². The monoisotopic (exact) mass is 267 g/mol. The zero-order valence-corrected chi connectivity index (χ0v) is 10.9. The summed E-state index contributed by atoms with van der Waals surface area (Å²) in [6.45, 7) is 1.30. The highest BCUT2D eigenvalue weighted by atomic mass is 16.6. The van der Waals surface area contributed by atoms with E-state index in [1.807, 2.05) is 30.3 Å². The summed E-state index contributed by atoms with van der Waals surface area (Å²) < 4.78 is 5.47. The molecular weight excluding hydrogens is 254 g/mol. The minimum atomic E-state index is -1.40. The molecule has 0 saturated heterocycles. The van der Waals surface area contributed by atoms with Gasteiger partial charge in [-0.15, -0.1) is 0 Å². The van der Waals surface area contributed by atoms with Crippen LogP contribution in [0.15, 0.2) is 54.6 Å². The van der Waals surface area contributed by atoms with Crippen LogP contribution >= 0.6 is 0 Å². The minimum Gasteiger partial charge on any atom is -0.439 e. The van der Waals surface area contributed by atoms with E-state index >= 15 is 0 Å². The van der Waals surface area contributed by atoms with Gasteiger partial charge in [0.15, 0.2) is 0 Å². The van der Waals surface area contributed by atoms with Crippen molar-refractivity contribution in [2.24, 2.45) is 0 Å². The van der Waals surface area contributed by atoms with Crippen LogP contribution in [0.2, 0.25) is 0 Å². The number of para-hydroxylation sites is 1. The van der Waals surface area contributed by atoms with E-state index < -0.39 is 11.6 Å². The first-order valence-electron chi connectivity index (χ1n) is 6.30. The van der Waals surface area contributed by atoms with Crippen LogP contribution < -0.4 is 5.32 Å². The van der Waals surface area contributed by atoms with Gasteiger partial charge in [0.1, 0.15) is 0 Å². The Morgan fingerprint density at radius 1 is 1.05 bits per heavy atom. The van der Waals surface area contributed by atoms with Gasteiger partial charge in [-0.05, 0) is 6.07 Å². The lowest BCUT2D eigenvalue weighted by molar-refractivity contribution is -0.160. The SMILES string of the molecule is CC(=O)OC1(c2ccccc2)C(=O)Nc2ccccc21. The predicted octanol–water partition coefficient (Wildman–Crippen LogP) is 2.45. The number of carbonyl (C=O) groups excluding carboxylic acids is 2. The van der Waals surface area contributed by atoms with Crippen LogP contribution in [0.25, 0.3) is 0 Å². The Morgan fingerprint density at radius 3 is 2.40 bits per heavy atom. The summed E-state index contributed by atoms with van der Waals surface area (Å²) in [5.41, 5.74) is 0.565. The second kappa shape index (κ2) is 4.49. The first-order valence-corrected chi connectivity index (χ1v) is 6.30. The summed E-state index contributed by atoms with van der Waals surface area (Å²) in [7, 11) is 0. The molecule has 0 aliphatic carbocycles. The third-order valence-electron chi connectivity index (χ3n) is 3.35. The largest absolute Gasteiger partial charge is 0.439 e. The average Bonchev–Trinajstić information content (AvgIpc) is 2.73. The van der Waals surface area contributed by atoms with Crippen molar-refractivity contribution in [3.8, 4) is 0 Å². The topological polar surface area (TPSA) is 55.4 Å². The fourth-order valence-corrected chi connectivity index (χ4v) is 2.57. The van der Waals surface area contributed by atoms with E-state index in [0.29, 0.717) is 16.8 Å². The molecule has 0 saturated carbocycles. The Hall–Kier alpha value is -2.62. The molecule has 1 aliphatic heterocycles. The molecule has 0 radical (unpaired) electrons. The number of esters is 1. The molecule has 4 heteroatoms. The zero-order chi connectivity index (χ0) is 14.2. The highest BCUT2D eigenvalue weighted by Gasteiger charge is 2.51. The standard InChI is InChI=1S/C16H13NO3/c1-11(18)20-16(12-7-3-2-4-8-12)13-9-5-6-10-14(13)17-15(16)19/h2-10H,1H3,(H,17,19). The molecule has 20 heavy (non-hydrogen) atoms. The van der Waals surface area contributed by atoms with Gasteiger partial charge in [0.25, 0.3) is 5.91 Å². The fourth-order valence-electron chi connectivity index (χ4n) is 2.57. The number of benzene rings is 2. The molecule has 0 bridgehead atoms. The van der Waals surface area contributed by atoms with Crippen molar-refractivity contribution in [1.29, 1.82) is 0 Å². The molecule has 100 valence electrons. The molecule has 1 N–H and O–H groups in total. The van der Waals surface area contributed by atoms with Gasteiger partial charge in [-0.2, -0.15) is 0 Å². The summed E-state index contributed by atoms with van der Waals surface area (Å²) in [5, 5.41) is 2.78. The molecule has 4 nitrogen and oxygen atoms in total. The molecule has 1 aliphatic rings. The van der Waals surface area contributed by atoms with Crippen molar-refractivity contribution in [3.05, 3.63) is 65.7 Å². The molecule has 2 aromatic rings. The summed E-state index contributed by atoms with van der Waals surface area (Å²) >= 11 is 0. The molecule has 3 rings (SSSR count). The summed E-state index contributed by atoms with van der Waals surface area (Å²) in [6.07, 6.45) is 0. The van der Waals surface area contributed by atoms with E-state index in [0.717, 1.165) is 0 Å². The van der Waals surface area contributed by atoms with Crippen LogP contribution in [0.5, 0.6) is 0 Å². The number of nitrogens with one attached hydrogen (secondary N) is 1. The molecule has 0 aromatic heterocycles. The Kier molecular flexibility index (Phi) is 2.79. The van der Waals surface area contributed by atoms with Crippen molar-refractivity contribution in [3.63, 3.8) is 0 Å². The van der Waals surface area contributed by atoms with E-state index in [1.165, 1.54) is 6.92 Å². The van der Waals surface area contributed by atoms with Crippen LogP contribution in [0.1, 0.15) is 18.1 Å². The summed E-state index contributed by atoms with van der Waals surface area (Å²) in [5.74, 6) is -0.846. The van der Waals surface area contributed by atoms with Crippen molar-refractivity contribution in [2.45, 2.75) is 12.5 Å². The number of anilines is 1. The molecule has 2 aromatic carbocycles. The molecule has 1 atom stereocenters. The Labute approximate surface area is 116 Å². The fraction of sp³-hybridized carbons (Fsp3) is 0.125. The van der Waals surface area contributed by atoms with Gasteiger partial charge in [-0.1, -0.05) is 48.5 Å². The zero-order valence-electron chi connectivity index (χ0n) is 10.9. The second-order valence-electron chi connectivity index (χ2n) is 4.64. The number of fused-ring (bicyclic) bond motifs is 1. The number of carbonyl (C=O) groups is 2. The van der Waals surface area contributed by atoms with Gasteiger partial charge in [-0.3, -0.25) is 9.59 Å². The van der Waals surface area contributed by atoms with Gasteiger partial charge >= 0.3 is 5.97 Å². The second-order valence-corrected chi connectivity index (χ2v) is 4.64. The number of hydrogen-bond donors (Lipinski definition) is 1. The minimum absolute atomic E-state index is 0.347. The number of amides is 1. The van der Waals surface area contributed by atoms with E-state index in [9.17, 15) is 9.59 Å². The van der Waals surface area contributed by atoms with Crippen molar-refractivity contribution in [2.75, 3.05) is 5.32 Å². The Bertz CT molecular complexity index is 681. The van der Waals surface area contributed by atoms with E-state index in [2.05, 4.69) is 5.32 Å². The molecule has 1 unspecified atom stereocenters. The molecular formula is C16H13NO3. The Balaban J connectivity index is 2.27. The van der Waals surface area contributed by atoms with E-state index in [1.54, 1.807) is 24.3 Å². The highest BCUT2D eigenvalue weighted by Crippen LogP contribution is 2.43. The normalized spacial score (nSPS) is 20.1. The third-order valence-corrected chi connectivity index (χ3v) is 3.35. The van der Waals surface area contributed by atoms with Gasteiger partial charge in [0, 0.05) is 23.7 Å². The molecule has 1 heterocycles. The van der Waals surface area contributed by atoms with E-state index in [4.69, 9.17) is 4.74 Å². The van der Waals surface area contributed by atoms with Gasteiger partial charge in [0.05, 0.1) is 0 Å². The van der Waals surface area contributed by atoms with Crippen molar-refractivity contribution < 1.29 is 14.3 Å². The van der Waals surface area contributed by atoms with Crippen LogP contribution in [-0.4, -0.2) is 11.9 Å². The maximum Gasteiger partial charge on any atom is 0.304 e. The van der Waals surface area contributed by atoms with E-state index in [-0.39, 0.29) is 5.91 Å². The van der Waals surface area contributed by atoms with Crippen LogP contribution in [0.4, 0.5) is 5.69 Å². The lowest BCUT2D eigenvalue weighted by atomic mass is 9.87. The molecule has 0 spiro atoms. The Morgan fingerprint density at radius 2 is 1.70 bits per heavy atom. The number of rotatable bonds is 2. The number of hydrogen-bond acceptors (Lipinski definition) is 3. The predicted molar refractivity (Wildman–Crippen MR) is 74.1 cm³/mol. The van der Waals surface area contributed by atoms with Crippen LogP contribution in [0, 0.1) is 0 Å². The third kappa shape index (κ3) is 1.69. The average molecular weight is 267 g/mol. The maximum atomic E-state index is 12.5. The lowest BCUT2D eigenvalue weighted by Crippen LogP contribution is -2.40. The summed E-state index contributed by atoms with van der Waals surface area (Å²) in [4.78, 5) is 24.0. The highest BCUT2D eigenvalue weighted by molar-refractivity contribution is 6.08. The van der Waals surface area contributed by atoms with Crippen molar-refractivity contribution >= 4 is 17.6 Å². The summed E-state index contributed by atoms with van der Waals surface area (Å²) in [6, 6.07) is 16.3. The molecule has 0 fully saturated rings. The smallest absolute Gasteiger partial charge is 0.304 e. The van der Waals surface area contributed by atoms with Gasteiger partial charge in [-0.25, -0.2) is 0 Å². The first-order chi connectivity index (χ1) is 9.64. The quantitative estimate of drug-likeness (QED) is 0.850. The number of ether oxygens (including phenoxy) is 1. The van der Waals surface area contributed by atoms with Crippen LogP contribution in [-0.2, 0) is 19.9 Å². The van der Waals surface area contributed by atoms with Gasteiger partial charge in [0.2, 0.25) is 5.60 Å². The van der Waals surface area contributed by atoms with Crippen molar-refractivity contribution in [1.82, 2.24) is 0 Å². The lowest BCUT2D eigenvalue weighted by Gasteiger charge is -2.27. The maximum absolute atomic E-state index is 12.5. The first kappa shape index (κ1) is 12.4. The molecule has 1 amide bonds.